The molecule has 2 aromatic carbocycles. The summed E-state index contributed by atoms with van der Waals surface area (Å²) in [6.07, 6.45) is 1.95. The summed E-state index contributed by atoms with van der Waals surface area (Å²) in [5.41, 5.74) is 2.64. The molecular weight excluding hydrogens is 388 g/mol. The lowest BCUT2D eigenvalue weighted by atomic mass is 10.0. The van der Waals surface area contributed by atoms with E-state index in [1.807, 2.05) is 18.2 Å². The fraction of sp³-hybridized carbons (Fsp3) is 0.238. The number of nitrogens with two attached hydrogens (primary N) is 1. The van der Waals surface area contributed by atoms with Gasteiger partial charge in [-0.3, -0.25) is 4.79 Å². The molecule has 0 unspecified atom stereocenters. The molecule has 29 heavy (non-hydrogen) atoms. The molecule has 0 aliphatic carbocycles. The minimum Gasteiger partial charge on any atom is -0.389 e. The lowest BCUT2D eigenvalue weighted by Crippen LogP contribution is -2.18. The summed E-state index contributed by atoms with van der Waals surface area (Å²) in [4.78, 5) is 12.3. The number of nitriles is 1. The van der Waals surface area contributed by atoms with Gasteiger partial charge in [0.2, 0.25) is 10.0 Å². The Hall–Kier alpha value is -3.15. The van der Waals surface area contributed by atoms with Gasteiger partial charge in [-0.2, -0.15) is 5.26 Å². The summed E-state index contributed by atoms with van der Waals surface area (Å²) in [5.74, 6) is -0.0933. The summed E-state index contributed by atoms with van der Waals surface area (Å²) in [6.45, 7) is 4.64. The van der Waals surface area contributed by atoms with Crippen molar-refractivity contribution in [3.05, 3.63) is 71.4 Å². The van der Waals surface area contributed by atoms with Crippen LogP contribution in [0, 0.1) is 11.3 Å². The van der Waals surface area contributed by atoms with Crippen molar-refractivity contribution in [2.75, 3.05) is 11.9 Å². The molecule has 0 aliphatic heterocycles. The molecule has 0 aromatic heterocycles. The third kappa shape index (κ3) is 6.75. The van der Waals surface area contributed by atoms with Crippen LogP contribution in [-0.2, 0) is 21.2 Å². The predicted octanol–water partition coefficient (Wildman–Crippen LogP) is 2.64. The first-order chi connectivity index (χ1) is 13.7. The number of benzene rings is 2. The van der Waals surface area contributed by atoms with Crippen molar-refractivity contribution in [1.82, 2.24) is 5.32 Å². The summed E-state index contributed by atoms with van der Waals surface area (Å²) < 4.78 is 22.5. The number of sulfonamides is 1. The molecular formula is C21H24N4O3S. The molecule has 0 bridgehead atoms. The molecule has 7 nitrogen and oxygen atoms in total. The van der Waals surface area contributed by atoms with Gasteiger partial charge in [0.15, 0.2) is 0 Å². The van der Waals surface area contributed by atoms with Gasteiger partial charge in [-0.25, -0.2) is 13.6 Å². The van der Waals surface area contributed by atoms with Gasteiger partial charge in [-0.15, -0.1) is 0 Å². The van der Waals surface area contributed by atoms with Crippen molar-refractivity contribution in [3.8, 4) is 6.07 Å². The van der Waals surface area contributed by atoms with Crippen LogP contribution in [0.2, 0.25) is 0 Å². The summed E-state index contributed by atoms with van der Waals surface area (Å²) in [5, 5.41) is 19.9. The molecule has 0 radical (unpaired) electrons. The molecule has 2 rings (SSSR count). The fourth-order valence-electron chi connectivity index (χ4n) is 2.53. The van der Waals surface area contributed by atoms with Gasteiger partial charge in [0.1, 0.15) is 11.6 Å². The van der Waals surface area contributed by atoms with Crippen molar-refractivity contribution >= 4 is 21.6 Å². The van der Waals surface area contributed by atoms with Gasteiger partial charge >= 0.3 is 0 Å². The van der Waals surface area contributed by atoms with Crippen LogP contribution in [-0.4, -0.2) is 20.9 Å². The van der Waals surface area contributed by atoms with Gasteiger partial charge < -0.3 is 10.6 Å². The molecule has 0 heterocycles. The van der Waals surface area contributed by atoms with Crippen molar-refractivity contribution in [2.45, 2.75) is 31.1 Å². The molecule has 2 aromatic rings. The molecule has 4 N–H and O–H groups in total. The quantitative estimate of drug-likeness (QED) is 0.349. The monoisotopic (exact) mass is 412 g/mol. The fourth-order valence-corrected chi connectivity index (χ4v) is 3.05. The van der Waals surface area contributed by atoms with E-state index in [0.29, 0.717) is 24.6 Å². The van der Waals surface area contributed by atoms with E-state index in [-0.39, 0.29) is 10.5 Å². The third-order valence-corrected chi connectivity index (χ3v) is 5.19. The molecule has 0 saturated carbocycles. The maximum Gasteiger partial charge on any atom is 0.267 e. The van der Waals surface area contributed by atoms with Crippen LogP contribution in [0.5, 0.6) is 0 Å². The van der Waals surface area contributed by atoms with E-state index in [1.54, 1.807) is 24.3 Å². The number of nitrogens with zero attached hydrogens (tertiary/aromatic N) is 1. The maximum atomic E-state index is 12.2. The number of carbonyl (C=O) groups excluding carboxylic acids is 1. The zero-order valence-corrected chi connectivity index (χ0v) is 17.2. The van der Waals surface area contributed by atoms with Gasteiger partial charge in [0, 0.05) is 18.4 Å². The Bertz CT molecular complexity index is 1020. The SMILES string of the molecule is CC(C)c1ccc(NC(=O)/C(C#N)=C\NCCc2ccc(S(N)(=O)=O)cc2)cc1. The molecule has 0 fully saturated rings. The average molecular weight is 413 g/mol. The van der Waals surface area contributed by atoms with Crippen LogP contribution < -0.4 is 15.8 Å². The van der Waals surface area contributed by atoms with Crippen LogP contribution in [0.4, 0.5) is 5.69 Å². The second kappa shape index (κ2) is 9.87. The third-order valence-electron chi connectivity index (χ3n) is 4.26. The van der Waals surface area contributed by atoms with E-state index >= 15 is 0 Å². The highest BCUT2D eigenvalue weighted by molar-refractivity contribution is 7.89. The number of amides is 1. The number of hydrogen-bond donors (Lipinski definition) is 3. The molecule has 1 amide bonds. The normalized spacial score (nSPS) is 11.8. The largest absolute Gasteiger partial charge is 0.389 e. The highest BCUT2D eigenvalue weighted by Crippen LogP contribution is 2.17. The van der Waals surface area contributed by atoms with Crippen LogP contribution in [0.1, 0.15) is 30.9 Å². The number of primary sulfonamides is 1. The van der Waals surface area contributed by atoms with E-state index in [0.717, 1.165) is 11.1 Å². The van der Waals surface area contributed by atoms with Crippen LogP contribution in [0.15, 0.2) is 65.2 Å². The van der Waals surface area contributed by atoms with E-state index in [4.69, 9.17) is 5.14 Å². The number of rotatable bonds is 8. The second-order valence-electron chi connectivity index (χ2n) is 6.79. The van der Waals surface area contributed by atoms with Gasteiger partial charge in [0.05, 0.1) is 4.90 Å². The van der Waals surface area contributed by atoms with Crippen LogP contribution in [0.3, 0.4) is 0 Å². The molecule has 0 spiro atoms. The number of carbonyl (C=O) groups is 1. The molecule has 0 saturated heterocycles. The van der Waals surface area contributed by atoms with E-state index < -0.39 is 15.9 Å². The lowest BCUT2D eigenvalue weighted by Gasteiger charge is -2.08. The molecule has 0 aliphatic rings. The van der Waals surface area contributed by atoms with Crippen molar-refractivity contribution in [2.24, 2.45) is 5.14 Å². The maximum absolute atomic E-state index is 12.2. The minimum absolute atomic E-state index is 0.0393. The van der Waals surface area contributed by atoms with Crippen molar-refractivity contribution in [3.63, 3.8) is 0 Å². The van der Waals surface area contributed by atoms with E-state index in [9.17, 15) is 18.5 Å². The number of hydrogen-bond acceptors (Lipinski definition) is 5. The number of nitrogens with one attached hydrogen (secondary N) is 2. The first-order valence-electron chi connectivity index (χ1n) is 9.07. The average Bonchev–Trinajstić information content (AvgIpc) is 2.68. The van der Waals surface area contributed by atoms with Crippen molar-refractivity contribution < 1.29 is 13.2 Å². The lowest BCUT2D eigenvalue weighted by molar-refractivity contribution is -0.112. The van der Waals surface area contributed by atoms with Crippen molar-refractivity contribution in [1.29, 1.82) is 5.26 Å². The van der Waals surface area contributed by atoms with Crippen LogP contribution >= 0.6 is 0 Å². The Morgan fingerprint density at radius 1 is 1.14 bits per heavy atom. The highest BCUT2D eigenvalue weighted by Gasteiger charge is 2.10. The Morgan fingerprint density at radius 2 is 1.76 bits per heavy atom. The smallest absolute Gasteiger partial charge is 0.267 e. The first-order valence-corrected chi connectivity index (χ1v) is 10.6. The van der Waals surface area contributed by atoms with Gasteiger partial charge in [-0.1, -0.05) is 38.1 Å². The minimum atomic E-state index is -3.71. The van der Waals surface area contributed by atoms with Crippen LogP contribution in [0.25, 0.3) is 0 Å². The molecule has 152 valence electrons. The Balaban J connectivity index is 1.89. The molecule has 8 heteroatoms. The predicted molar refractivity (Wildman–Crippen MR) is 112 cm³/mol. The van der Waals surface area contributed by atoms with E-state index in [1.165, 1.54) is 18.3 Å². The Kier molecular flexibility index (Phi) is 7.53. The summed E-state index contributed by atoms with van der Waals surface area (Å²) in [7, 11) is -3.71. The summed E-state index contributed by atoms with van der Waals surface area (Å²) >= 11 is 0. The first kappa shape index (κ1) is 22.1. The van der Waals surface area contributed by atoms with E-state index in [2.05, 4.69) is 24.5 Å². The summed E-state index contributed by atoms with van der Waals surface area (Å²) in [6, 6.07) is 15.6. The number of anilines is 1. The topological polar surface area (TPSA) is 125 Å². The van der Waals surface area contributed by atoms with Gasteiger partial charge in [0.25, 0.3) is 5.91 Å². The van der Waals surface area contributed by atoms with Gasteiger partial charge in [-0.05, 0) is 47.7 Å². The zero-order chi connectivity index (χ0) is 21.4. The highest BCUT2D eigenvalue weighted by atomic mass is 32.2. The Morgan fingerprint density at radius 3 is 2.28 bits per heavy atom. The molecule has 0 atom stereocenters. The second-order valence-corrected chi connectivity index (χ2v) is 8.36. The standard InChI is InChI=1S/C21H24N4O3S/c1-15(2)17-5-7-19(8-6-17)25-21(26)18(13-22)14-24-12-11-16-3-9-20(10-4-16)29(23,27)28/h3-10,14-15,24H,11-12H2,1-2H3,(H,25,26)(H2,23,27,28)/b18-14-. The Labute approximate surface area is 171 Å². The zero-order valence-electron chi connectivity index (χ0n) is 16.3.